The third kappa shape index (κ3) is 4.49. The van der Waals surface area contributed by atoms with Crippen LogP contribution in [0.5, 0.6) is 5.75 Å². The molecular formula is C27H26N6O2. The molecule has 3 aromatic rings. The van der Waals surface area contributed by atoms with Gasteiger partial charge in [-0.15, -0.1) is 0 Å². The smallest absolute Gasteiger partial charge is 0.321 e. The number of dihydropyridines is 1. The average molecular weight is 467 g/mol. The molecule has 0 bridgehead atoms. The summed E-state index contributed by atoms with van der Waals surface area (Å²) in [5, 5.41) is 16.1. The minimum Gasteiger partial charge on any atom is -0.494 e. The Morgan fingerprint density at radius 1 is 1.14 bits per heavy atom. The van der Waals surface area contributed by atoms with Crippen LogP contribution in [-0.2, 0) is 0 Å². The molecule has 0 spiro atoms. The molecule has 0 unspecified atom stereocenters. The van der Waals surface area contributed by atoms with E-state index in [2.05, 4.69) is 21.6 Å². The fourth-order valence-electron chi connectivity index (χ4n) is 4.48. The number of methoxy groups -OCH3 is 1. The van der Waals surface area contributed by atoms with Crippen molar-refractivity contribution in [3.05, 3.63) is 78.3 Å². The number of nitrogens with zero attached hydrogens (tertiary/aromatic N) is 4. The summed E-state index contributed by atoms with van der Waals surface area (Å²) in [5.74, 6) is 0.772. The van der Waals surface area contributed by atoms with Gasteiger partial charge in [-0.3, -0.25) is 4.98 Å². The highest BCUT2D eigenvalue weighted by Gasteiger charge is 2.25. The third-order valence-electron chi connectivity index (χ3n) is 6.34. The van der Waals surface area contributed by atoms with Gasteiger partial charge < -0.3 is 25.2 Å². The number of carbonyl (C=O) groups excluding carboxylic acids is 1. The second kappa shape index (κ2) is 9.77. The number of urea groups is 1. The summed E-state index contributed by atoms with van der Waals surface area (Å²) in [6.45, 7) is 3.29. The van der Waals surface area contributed by atoms with Crippen molar-refractivity contribution in [2.75, 3.05) is 44.7 Å². The first-order valence-electron chi connectivity index (χ1n) is 11.5. The Hall–Kier alpha value is -4.51. The second-order valence-corrected chi connectivity index (χ2v) is 8.37. The van der Waals surface area contributed by atoms with Crippen LogP contribution in [0.15, 0.2) is 72.7 Å². The van der Waals surface area contributed by atoms with E-state index in [1.807, 2.05) is 71.9 Å². The largest absolute Gasteiger partial charge is 0.494 e. The minimum atomic E-state index is -0.0851. The molecule has 1 fully saturated rings. The molecule has 3 heterocycles. The molecule has 0 radical (unpaired) electrons. The zero-order valence-electron chi connectivity index (χ0n) is 19.5. The van der Waals surface area contributed by atoms with E-state index in [4.69, 9.17) is 15.0 Å². The molecular weight excluding hydrogens is 440 g/mol. The zero-order valence-corrected chi connectivity index (χ0v) is 19.5. The maximum atomic E-state index is 12.7. The van der Waals surface area contributed by atoms with Crippen LogP contribution in [0, 0.1) is 11.3 Å². The normalized spacial score (nSPS) is 15.3. The van der Waals surface area contributed by atoms with Crippen LogP contribution in [0.2, 0.25) is 0 Å². The number of aromatic nitrogens is 1. The van der Waals surface area contributed by atoms with Crippen molar-refractivity contribution in [1.29, 1.82) is 5.26 Å². The molecule has 35 heavy (non-hydrogen) atoms. The van der Waals surface area contributed by atoms with E-state index in [1.165, 1.54) is 0 Å². The molecule has 2 aromatic carbocycles. The summed E-state index contributed by atoms with van der Waals surface area (Å²) in [6, 6.07) is 15.6. The zero-order chi connectivity index (χ0) is 24.2. The van der Waals surface area contributed by atoms with Gasteiger partial charge in [-0.2, -0.15) is 5.26 Å². The molecule has 2 aliphatic heterocycles. The SMILES string of the molecule is COc1c(N2CCN(C(=O)NC3=CCNC=C3)CC2)cnc2c(-c3ccc(C#N)cc3)cccc12. The van der Waals surface area contributed by atoms with E-state index in [9.17, 15) is 4.79 Å². The van der Waals surface area contributed by atoms with Gasteiger partial charge in [0.05, 0.1) is 36.1 Å². The van der Waals surface area contributed by atoms with Crippen LogP contribution >= 0.6 is 0 Å². The van der Waals surface area contributed by atoms with Gasteiger partial charge >= 0.3 is 6.03 Å². The molecule has 2 aliphatic rings. The van der Waals surface area contributed by atoms with Crippen molar-refractivity contribution < 1.29 is 9.53 Å². The number of para-hydroxylation sites is 1. The number of benzene rings is 2. The van der Waals surface area contributed by atoms with Gasteiger partial charge in [0.15, 0.2) is 5.75 Å². The van der Waals surface area contributed by atoms with Gasteiger partial charge in [-0.05, 0) is 42.1 Å². The van der Waals surface area contributed by atoms with Crippen LogP contribution in [0.3, 0.4) is 0 Å². The lowest BCUT2D eigenvalue weighted by Crippen LogP contribution is -2.51. The van der Waals surface area contributed by atoms with E-state index < -0.39 is 0 Å². The van der Waals surface area contributed by atoms with E-state index in [0.717, 1.165) is 39.2 Å². The molecule has 1 aromatic heterocycles. The van der Waals surface area contributed by atoms with Gasteiger partial charge in [-0.1, -0.05) is 24.3 Å². The number of ether oxygens (including phenoxy) is 1. The number of fused-ring (bicyclic) bond motifs is 1. The fourth-order valence-corrected chi connectivity index (χ4v) is 4.48. The fraction of sp³-hybridized carbons (Fsp3) is 0.222. The minimum absolute atomic E-state index is 0.0851. The van der Waals surface area contributed by atoms with E-state index in [-0.39, 0.29) is 6.03 Å². The number of nitriles is 1. The molecule has 1 saturated heterocycles. The number of hydrogen-bond acceptors (Lipinski definition) is 6. The second-order valence-electron chi connectivity index (χ2n) is 8.37. The summed E-state index contributed by atoms with van der Waals surface area (Å²) < 4.78 is 5.88. The first-order chi connectivity index (χ1) is 17.2. The van der Waals surface area contributed by atoms with Crippen LogP contribution in [0.25, 0.3) is 22.0 Å². The highest BCUT2D eigenvalue weighted by Crippen LogP contribution is 2.38. The third-order valence-corrected chi connectivity index (χ3v) is 6.34. The monoisotopic (exact) mass is 466 g/mol. The maximum absolute atomic E-state index is 12.7. The van der Waals surface area contributed by atoms with Crippen molar-refractivity contribution in [3.63, 3.8) is 0 Å². The number of nitrogens with one attached hydrogen (secondary N) is 2. The van der Waals surface area contributed by atoms with Crippen molar-refractivity contribution in [1.82, 2.24) is 20.5 Å². The molecule has 176 valence electrons. The van der Waals surface area contributed by atoms with Gasteiger partial charge in [0, 0.05) is 49.4 Å². The Morgan fingerprint density at radius 3 is 2.63 bits per heavy atom. The predicted molar refractivity (Wildman–Crippen MR) is 136 cm³/mol. The van der Waals surface area contributed by atoms with Crippen molar-refractivity contribution in [2.45, 2.75) is 0 Å². The van der Waals surface area contributed by atoms with E-state index in [0.29, 0.717) is 38.3 Å². The molecule has 0 aliphatic carbocycles. The standard InChI is InChI=1S/C27H26N6O2/c1-35-26-23-4-2-3-22(20-7-5-19(17-28)6-8-20)25(23)30-18-24(26)32-13-15-33(16-14-32)27(34)31-21-9-11-29-12-10-21/h2-11,18,29H,12-16H2,1H3,(H,31,34). The quantitative estimate of drug-likeness (QED) is 0.610. The number of rotatable bonds is 4. The Bertz CT molecular complexity index is 1350. The molecule has 2 N–H and O–H groups in total. The Morgan fingerprint density at radius 2 is 1.94 bits per heavy atom. The number of anilines is 1. The lowest BCUT2D eigenvalue weighted by molar-refractivity contribution is 0.197. The number of amides is 2. The molecule has 0 atom stereocenters. The highest BCUT2D eigenvalue weighted by molar-refractivity contribution is 5.99. The van der Waals surface area contributed by atoms with Crippen LogP contribution in [0.1, 0.15) is 5.56 Å². The Kier molecular flexibility index (Phi) is 6.22. The molecule has 5 rings (SSSR count). The van der Waals surface area contributed by atoms with Crippen LogP contribution in [0.4, 0.5) is 10.5 Å². The number of piperazine rings is 1. The van der Waals surface area contributed by atoms with E-state index in [1.54, 1.807) is 7.11 Å². The lowest BCUT2D eigenvalue weighted by Gasteiger charge is -2.36. The summed E-state index contributed by atoms with van der Waals surface area (Å²) in [5.41, 5.74) is 5.18. The van der Waals surface area contributed by atoms with Crippen molar-refractivity contribution in [2.24, 2.45) is 0 Å². The van der Waals surface area contributed by atoms with Crippen LogP contribution < -0.4 is 20.3 Å². The Balaban J connectivity index is 1.36. The topological polar surface area (TPSA) is 93.5 Å². The molecule has 2 amide bonds. The van der Waals surface area contributed by atoms with Gasteiger partial charge in [0.25, 0.3) is 0 Å². The van der Waals surface area contributed by atoms with Crippen molar-refractivity contribution >= 4 is 22.6 Å². The highest BCUT2D eigenvalue weighted by atomic mass is 16.5. The van der Waals surface area contributed by atoms with Gasteiger partial charge in [-0.25, -0.2) is 4.79 Å². The maximum Gasteiger partial charge on any atom is 0.321 e. The van der Waals surface area contributed by atoms with Gasteiger partial charge in [0.2, 0.25) is 0 Å². The summed E-state index contributed by atoms with van der Waals surface area (Å²) in [6.07, 6.45) is 7.50. The molecule has 0 saturated carbocycles. The predicted octanol–water partition coefficient (Wildman–Crippen LogP) is 3.61. The van der Waals surface area contributed by atoms with Crippen LogP contribution in [-0.4, -0.2) is 55.7 Å². The molecule has 8 heteroatoms. The first-order valence-corrected chi connectivity index (χ1v) is 11.5. The van der Waals surface area contributed by atoms with Gasteiger partial charge in [0.1, 0.15) is 0 Å². The first kappa shape index (κ1) is 22.3. The number of carbonyl (C=O) groups is 1. The van der Waals surface area contributed by atoms with E-state index >= 15 is 0 Å². The molecule has 8 nitrogen and oxygen atoms in total. The summed E-state index contributed by atoms with van der Waals surface area (Å²) in [4.78, 5) is 21.5. The lowest BCUT2D eigenvalue weighted by atomic mass is 10.00. The Labute approximate surface area is 204 Å². The number of hydrogen-bond donors (Lipinski definition) is 2. The summed E-state index contributed by atoms with van der Waals surface area (Å²) >= 11 is 0. The number of allylic oxidation sites excluding steroid dienone is 1. The average Bonchev–Trinajstić information content (AvgIpc) is 2.92. The number of pyridine rings is 1. The summed E-state index contributed by atoms with van der Waals surface area (Å²) in [7, 11) is 1.68. The van der Waals surface area contributed by atoms with Crippen molar-refractivity contribution in [3.8, 4) is 22.9 Å².